The highest BCUT2D eigenvalue weighted by atomic mass is 35.5. The molecule has 1 N–H and O–H groups in total. The summed E-state index contributed by atoms with van der Waals surface area (Å²) in [5.74, 6) is 0.796. The highest BCUT2D eigenvalue weighted by Crippen LogP contribution is 2.21. The van der Waals surface area contributed by atoms with Crippen molar-refractivity contribution < 1.29 is 0 Å². The molecule has 128 valence electrons. The molecule has 0 spiro atoms. The van der Waals surface area contributed by atoms with E-state index in [9.17, 15) is 0 Å². The molecule has 25 heavy (non-hydrogen) atoms. The lowest BCUT2D eigenvalue weighted by atomic mass is 10.1. The summed E-state index contributed by atoms with van der Waals surface area (Å²) < 4.78 is 0. The largest absolute Gasteiger partial charge is 0.344 e. The molecule has 0 saturated heterocycles. The van der Waals surface area contributed by atoms with E-state index in [2.05, 4.69) is 42.5 Å². The number of amidine groups is 1. The summed E-state index contributed by atoms with van der Waals surface area (Å²) in [5, 5.41) is 4.02. The van der Waals surface area contributed by atoms with Crippen LogP contribution in [0.4, 0.5) is 5.69 Å². The van der Waals surface area contributed by atoms with E-state index in [1.807, 2.05) is 49.4 Å². The summed E-state index contributed by atoms with van der Waals surface area (Å²) in [6.07, 6.45) is 4.55. The third-order valence-electron chi connectivity index (χ3n) is 3.75. The Labute approximate surface area is 155 Å². The van der Waals surface area contributed by atoms with E-state index in [4.69, 9.17) is 11.6 Å². The Morgan fingerprint density at radius 1 is 1.08 bits per heavy atom. The summed E-state index contributed by atoms with van der Waals surface area (Å²) in [6, 6.07) is 15.8. The van der Waals surface area contributed by atoms with Gasteiger partial charge in [-0.3, -0.25) is 0 Å². The van der Waals surface area contributed by atoms with Gasteiger partial charge in [-0.05, 0) is 54.8 Å². The van der Waals surface area contributed by atoms with Crippen molar-refractivity contribution >= 4 is 34.4 Å². The van der Waals surface area contributed by atoms with Crippen LogP contribution in [0.25, 0.3) is 11.3 Å². The van der Waals surface area contributed by atoms with Crippen molar-refractivity contribution in [3.63, 3.8) is 0 Å². The van der Waals surface area contributed by atoms with Crippen molar-refractivity contribution in [2.45, 2.75) is 20.3 Å². The number of hydrogen-bond donors (Lipinski definition) is 1. The van der Waals surface area contributed by atoms with Gasteiger partial charge in [-0.25, -0.2) is 4.99 Å². The van der Waals surface area contributed by atoms with Crippen molar-refractivity contribution in [1.82, 2.24) is 0 Å². The predicted molar refractivity (Wildman–Crippen MR) is 112 cm³/mol. The molecule has 0 aliphatic rings. The summed E-state index contributed by atoms with van der Waals surface area (Å²) in [7, 11) is 0. The van der Waals surface area contributed by atoms with Gasteiger partial charge in [0.25, 0.3) is 0 Å². The number of nitrogens with zero attached hydrogens (tertiary/aromatic N) is 1. The van der Waals surface area contributed by atoms with Crippen LogP contribution in [0.1, 0.15) is 31.4 Å². The van der Waals surface area contributed by atoms with Gasteiger partial charge in [-0.2, -0.15) is 0 Å². The molecule has 2 aromatic carbocycles. The Kier molecular flexibility index (Phi) is 6.79. The average molecular weight is 351 g/mol. The molecule has 0 aromatic heterocycles. The predicted octanol–water partition coefficient (Wildman–Crippen LogP) is 6.82. The van der Waals surface area contributed by atoms with Crippen LogP contribution in [0.3, 0.4) is 0 Å². The third-order valence-corrected chi connectivity index (χ3v) is 4.00. The van der Waals surface area contributed by atoms with Crippen LogP contribution < -0.4 is 5.32 Å². The van der Waals surface area contributed by atoms with E-state index >= 15 is 0 Å². The maximum atomic E-state index is 5.96. The van der Waals surface area contributed by atoms with Crippen molar-refractivity contribution in [3.8, 4) is 0 Å². The Balaban J connectivity index is 2.17. The average Bonchev–Trinajstić information content (AvgIpc) is 2.62. The second kappa shape index (κ2) is 9.05. The fourth-order valence-corrected chi connectivity index (χ4v) is 2.47. The molecule has 0 unspecified atom stereocenters. The molecule has 3 heteroatoms. The normalized spacial score (nSPS) is 12.0. The minimum atomic E-state index is 0.703. The first-order valence-electron chi connectivity index (χ1n) is 8.22. The van der Waals surface area contributed by atoms with Crippen molar-refractivity contribution in [2.75, 3.05) is 5.32 Å². The highest BCUT2D eigenvalue weighted by Gasteiger charge is 2.02. The fraction of sp³-hybridized carbons (Fsp3) is 0.136. The monoisotopic (exact) mass is 350 g/mol. The molecule has 0 heterocycles. The lowest BCUT2D eigenvalue weighted by Crippen LogP contribution is -2.07. The molecule has 0 aliphatic carbocycles. The van der Waals surface area contributed by atoms with Crippen LogP contribution in [0.2, 0.25) is 5.02 Å². The van der Waals surface area contributed by atoms with Gasteiger partial charge in [0, 0.05) is 16.3 Å². The van der Waals surface area contributed by atoms with E-state index in [0.717, 1.165) is 40.3 Å². The maximum absolute atomic E-state index is 5.96. The zero-order valence-electron chi connectivity index (χ0n) is 14.7. The number of allylic oxidation sites excluding steroid dienone is 3. The maximum Gasteiger partial charge on any atom is 0.103 e. The topological polar surface area (TPSA) is 24.4 Å². The molecule has 0 radical (unpaired) electrons. The Morgan fingerprint density at radius 2 is 1.68 bits per heavy atom. The van der Waals surface area contributed by atoms with Crippen molar-refractivity contribution in [3.05, 3.63) is 90.0 Å². The number of rotatable bonds is 6. The molecule has 2 aromatic rings. The molecule has 2 rings (SSSR count). The molecule has 0 atom stereocenters. The molecular formula is C22H23ClN2. The van der Waals surface area contributed by atoms with Crippen LogP contribution >= 0.6 is 11.6 Å². The second-order valence-corrected chi connectivity index (χ2v) is 6.09. The minimum Gasteiger partial charge on any atom is -0.344 e. The molecule has 2 nitrogen and oxygen atoms in total. The lowest BCUT2D eigenvalue weighted by Gasteiger charge is -2.09. The number of aliphatic imine (C=N–C) groups is 1. The number of benzene rings is 2. The van der Waals surface area contributed by atoms with E-state index in [1.54, 1.807) is 6.08 Å². The molecule has 0 fully saturated rings. The molecule has 0 saturated carbocycles. The highest BCUT2D eigenvalue weighted by molar-refractivity contribution is 6.30. The Bertz CT molecular complexity index is 797. The van der Waals surface area contributed by atoms with Crippen LogP contribution in [-0.4, -0.2) is 5.84 Å². The minimum absolute atomic E-state index is 0.703. The SMILES string of the molecule is C=C/C=C(\N=C(C)Nc1ccc(C(=C)CC)cc1)c1ccc(Cl)cc1. The first-order valence-corrected chi connectivity index (χ1v) is 8.60. The number of nitrogens with one attached hydrogen (secondary N) is 1. The molecular weight excluding hydrogens is 328 g/mol. The van der Waals surface area contributed by atoms with Gasteiger partial charge in [0.2, 0.25) is 0 Å². The van der Waals surface area contributed by atoms with Gasteiger partial charge in [0.05, 0.1) is 5.70 Å². The summed E-state index contributed by atoms with van der Waals surface area (Å²) in [6.45, 7) is 11.9. The van der Waals surface area contributed by atoms with Gasteiger partial charge in [0.1, 0.15) is 5.84 Å². The van der Waals surface area contributed by atoms with Gasteiger partial charge in [-0.15, -0.1) is 0 Å². The van der Waals surface area contributed by atoms with Gasteiger partial charge in [0.15, 0.2) is 0 Å². The van der Waals surface area contributed by atoms with Crippen molar-refractivity contribution in [1.29, 1.82) is 0 Å². The second-order valence-electron chi connectivity index (χ2n) is 5.65. The Hall–Kier alpha value is -2.58. The molecule has 0 bridgehead atoms. The molecule has 0 amide bonds. The first-order chi connectivity index (χ1) is 12.0. The van der Waals surface area contributed by atoms with Crippen LogP contribution in [0.15, 0.2) is 78.8 Å². The zero-order chi connectivity index (χ0) is 18.2. The van der Waals surface area contributed by atoms with Gasteiger partial charge in [-0.1, -0.05) is 62.0 Å². The lowest BCUT2D eigenvalue weighted by molar-refractivity contribution is 1.24. The number of anilines is 1. The number of halogens is 1. The molecule has 0 aliphatic heterocycles. The summed E-state index contributed by atoms with van der Waals surface area (Å²) >= 11 is 5.96. The quantitative estimate of drug-likeness (QED) is 0.345. The summed E-state index contributed by atoms with van der Waals surface area (Å²) in [5.41, 5.74) is 5.10. The van der Waals surface area contributed by atoms with Crippen LogP contribution in [0.5, 0.6) is 0 Å². The number of hydrogen-bond acceptors (Lipinski definition) is 1. The van der Waals surface area contributed by atoms with E-state index in [-0.39, 0.29) is 0 Å². The smallest absolute Gasteiger partial charge is 0.103 e. The third kappa shape index (κ3) is 5.47. The fourth-order valence-electron chi connectivity index (χ4n) is 2.34. The van der Waals surface area contributed by atoms with E-state index in [0.29, 0.717) is 5.02 Å². The van der Waals surface area contributed by atoms with Gasteiger partial charge >= 0.3 is 0 Å². The standard InChI is InChI=1S/C22H23ClN2/c1-5-7-22(19-8-12-20(23)13-9-19)25-17(4)24-21-14-10-18(11-15-21)16(3)6-2/h5,7-15H,1,3,6H2,2,4H3,(H,24,25)/b22-7-. The van der Waals surface area contributed by atoms with Crippen LogP contribution in [0, 0.1) is 0 Å². The summed E-state index contributed by atoms with van der Waals surface area (Å²) in [4.78, 5) is 4.67. The zero-order valence-corrected chi connectivity index (χ0v) is 15.5. The first kappa shape index (κ1) is 18.8. The Morgan fingerprint density at radius 3 is 2.24 bits per heavy atom. The van der Waals surface area contributed by atoms with E-state index < -0.39 is 0 Å². The van der Waals surface area contributed by atoms with Gasteiger partial charge < -0.3 is 5.32 Å². The van der Waals surface area contributed by atoms with E-state index in [1.165, 1.54) is 0 Å². The van der Waals surface area contributed by atoms with Crippen LogP contribution in [-0.2, 0) is 0 Å². The van der Waals surface area contributed by atoms with Crippen molar-refractivity contribution in [2.24, 2.45) is 4.99 Å².